The first-order chi connectivity index (χ1) is 6.81. The van der Waals surface area contributed by atoms with E-state index in [0.29, 0.717) is 5.56 Å². The maximum Gasteiger partial charge on any atom is 0.146 e. The monoisotopic (exact) mass is 187 g/mol. The molecule has 3 heteroatoms. The van der Waals surface area contributed by atoms with Crippen LogP contribution in [-0.4, -0.2) is 18.6 Å². The topological polar surface area (TPSA) is 39.9 Å². The lowest BCUT2D eigenvalue weighted by atomic mass is 10.2. The largest absolute Gasteiger partial charge is 0.358 e. The van der Waals surface area contributed by atoms with Crippen molar-refractivity contribution in [2.75, 3.05) is 18.5 Å². The van der Waals surface area contributed by atoms with E-state index in [-0.39, 0.29) is 0 Å². The van der Waals surface area contributed by atoms with Crippen molar-refractivity contribution in [1.29, 1.82) is 5.26 Å². The van der Waals surface area contributed by atoms with Crippen LogP contribution in [0.15, 0.2) is 18.3 Å². The van der Waals surface area contributed by atoms with E-state index in [1.54, 1.807) is 12.3 Å². The van der Waals surface area contributed by atoms with Crippen molar-refractivity contribution in [2.24, 2.45) is 5.92 Å². The fourth-order valence-electron chi connectivity index (χ4n) is 1.56. The number of nitriles is 1. The Morgan fingerprint density at radius 3 is 3.07 bits per heavy atom. The molecule has 1 aliphatic carbocycles. The molecule has 0 bridgehead atoms. The molecule has 0 unspecified atom stereocenters. The predicted molar refractivity (Wildman–Crippen MR) is 54.9 cm³/mol. The van der Waals surface area contributed by atoms with Gasteiger partial charge in [0, 0.05) is 19.8 Å². The average Bonchev–Trinajstić information content (AvgIpc) is 3.01. The predicted octanol–water partition coefficient (Wildman–Crippen LogP) is 1.80. The fraction of sp³-hybridized carbons (Fsp3) is 0.455. The number of nitrogens with zero attached hydrogens (tertiary/aromatic N) is 3. The van der Waals surface area contributed by atoms with Crippen molar-refractivity contribution < 1.29 is 0 Å². The van der Waals surface area contributed by atoms with Crippen LogP contribution in [0.25, 0.3) is 0 Å². The molecule has 0 amide bonds. The Kier molecular flexibility index (Phi) is 2.36. The van der Waals surface area contributed by atoms with E-state index in [0.717, 1.165) is 18.3 Å². The normalized spacial score (nSPS) is 14.9. The summed E-state index contributed by atoms with van der Waals surface area (Å²) in [7, 11) is 2.00. The molecular formula is C11H13N3. The Balaban J connectivity index is 2.16. The van der Waals surface area contributed by atoms with Gasteiger partial charge in [0.2, 0.25) is 0 Å². The molecule has 0 saturated heterocycles. The first-order valence-electron chi connectivity index (χ1n) is 4.87. The summed E-state index contributed by atoms with van der Waals surface area (Å²) >= 11 is 0. The number of aromatic nitrogens is 1. The molecule has 0 radical (unpaired) electrons. The molecule has 1 aliphatic rings. The van der Waals surface area contributed by atoms with Gasteiger partial charge in [0.05, 0.1) is 5.56 Å². The molecule has 1 fully saturated rings. The van der Waals surface area contributed by atoms with Gasteiger partial charge in [-0.15, -0.1) is 0 Å². The zero-order chi connectivity index (χ0) is 9.97. The van der Waals surface area contributed by atoms with Crippen molar-refractivity contribution in [3.05, 3.63) is 23.9 Å². The molecule has 0 atom stereocenters. The molecule has 1 heterocycles. The minimum atomic E-state index is 0.663. The fourth-order valence-corrected chi connectivity index (χ4v) is 1.56. The van der Waals surface area contributed by atoms with Gasteiger partial charge in [-0.25, -0.2) is 4.98 Å². The van der Waals surface area contributed by atoms with Crippen molar-refractivity contribution in [3.8, 4) is 6.07 Å². The van der Waals surface area contributed by atoms with E-state index >= 15 is 0 Å². The van der Waals surface area contributed by atoms with Crippen molar-refractivity contribution >= 4 is 5.82 Å². The summed E-state index contributed by atoms with van der Waals surface area (Å²) in [5.41, 5.74) is 0.663. The highest BCUT2D eigenvalue weighted by molar-refractivity contribution is 5.52. The van der Waals surface area contributed by atoms with Gasteiger partial charge in [-0.05, 0) is 30.9 Å². The number of hydrogen-bond acceptors (Lipinski definition) is 3. The first-order valence-corrected chi connectivity index (χ1v) is 4.87. The molecule has 0 aliphatic heterocycles. The third-order valence-corrected chi connectivity index (χ3v) is 2.50. The summed E-state index contributed by atoms with van der Waals surface area (Å²) in [5.74, 6) is 1.62. The molecule has 14 heavy (non-hydrogen) atoms. The Bertz CT molecular complexity index is 363. The van der Waals surface area contributed by atoms with Crippen LogP contribution in [0.2, 0.25) is 0 Å². The van der Waals surface area contributed by atoms with E-state index < -0.39 is 0 Å². The summed E-state index contributed by atoms with van der Waals surface area (Å²) in [6.07, 6.45) is 4.37. The van der Waals surface area contributed by atoms with Gasteiger partial charge in [0.1, 0.15) is 11.9 Å². The van der Waals surface area contributed by atoms with Crippen LogP contribution in [0, 0.1) is 17.2 Å². The summed E-state index contributed by atoms with van der Waals surface area (Å²) in [4.78, 5) is 6.31. The average molecular weight is 187 g/mol. The van der Waals surface area contributed by atoms with E-state index in [1.807, 2.05) is 13.1 Å². The molecule has 1 aromatic heterocycles. The molecule has 1 saturated carbocycles. The van der Waals surface area contributed by atoms with E-state index in [9.17, 15) is 0 Å². The minimum absolute atomic E-state index is 0.663. The van der Waals surface area contributed by atoms with Crippen molar-refractivity contribution in [3.63, 3.8) is 0 Å². The Labute approximate surface area is 84.0 Å². The van der Waals surface area contributed by atoms with Crippen LogP contribution in [0.5, 0.6) is 0 Å². The maximum atomic E-state index is 8.90. The Hall–Kier alpha value is -1.56. The van der Waals surface area contributed by atoms with Gasteiger partial charge in [-0.3, -0.25) is 0 Å². The second-order valence-corrected chi connectivity index (χ2v) is 3.81. The molecule has 72 valence electrons. The number of anilines is 1. The van der Waals surface area contributed by atoms with E-state index in [1.165, 1.54) is 12.8 Å². The molecule has 1 aromatic rings. The molecule has 0 spiro atoms. The third-order valence-electron chi connectivity index (χ3n) is 2.50. The summed E-state index contributed by atoms with van der Waals surface area (Å²) in [6, 6.07) is 5.78. The van der Waals surface area contributed by atoms with Gasteiger partial charge < -0.3 is 4.90 Å². The van der Waals surface area contributed by atoms with Gasteiger partial charge in [0.15, 0.2) is 0 Å². The van der Waals surface area contributed by atoms with E-state index in [2.05, 4.69) is 16.0 Å². The zero-order valence-electron chi connectivity index (χ0n) is 8.27. The molecule has 2 rings (SSSR count). The summed E-state index contributed by atoms with van der Waals surface area (Å²) in [5, 5.41) is 8.90. The lowest BCUT2D eigenvalue weighted by Gasteiger charge is -2.18. The quantitative estimate of drug-likeness (QED) is 0.724. The van der Waals surface area contributed by atoms with Crippen LogP contribution in [0.3, 0.4) is 0 Å². The number of hydrogen-bond donors (Lipinski definition) is 0. The van der Waals surface area contributed by atoms with Crippen LogP contribution < -0.4 is 4.90 Å². The van der Waals surface area contributed by atoms with Crippen molar-refractivity contribution in [2.45, 2.75) is 12.8 Å². The van der Waals surface area contributed by atoms with Crippen molar-refractivity contribution in [1.82, 2.24) is 4.98 Å². The number of rotatable bonds is 3. The Morgan fingerprint density at radius 1 is 1.64 bits per heavy atom. The van der Waals surface area contributed by atoms with Gasteiger partial charge in [0.25, 0.3) is 0 Å². The second-order valence-electron chi connectivity index (χ2n) is 3.81. The standard InChI is InChI=1S/C11H13N3/c1-14(8-9-4-5-9)11-10(7-12)3-2-6-13-11/h2-3,6,9H,4-5,8H2,1H3. The lowest BCUT2D eigenvalue weighted by Crippen LogP contribution is -2.21. The third kappa shape index (κ3) is 1.85. The zero-order valence-corrected chi connectivity index (χ0v) is 8.27. The highest BCUT2D eigenvalue weighted by Crippen LogP contribution is 2.30. The highest BCUT2D eigenvalue weighted by Gasteiger charge is 2.24. The first kappa shape index (κ1) is 9.01. The highest BCUT2D eigenvalue weighted by atomic mass is 15.2. The molecular weight excluding hydrogens is 174 g/mol. The van der Waals surface area contributed by atoms with Gasteiger partial charge >= 0.3 is 0 Å². The van der Waals surface area contributed by atoms with Crippen LogP contribution in [0.1, 0.15) is 18.4 Å². The molecule has 3 nitrogen and oxygen atoms in total. The van der Waals surface area contributed by atoms with Crippen LogP contribution in [-0.2, 0) is 0 Å². The molecule has 0 aromatic carbocycles. The minimum Gasteiger partial charge on any atom is -0.358 e. The summed E-state index contributed by atoms with van der Waals surface area (Å²) in [6.45, 7) is 1.02. The van der Waals surface area contributed by atoms with Gasteiger partial charge in [-0.2, -0.15) is 5.26 Å². The SMILES string of the molecule is CN(CC1CC1)c1ncccc1C#N. The van der Waals surface area contributed by atoms with Crippen LogP contribution in [0.4, 0.5) is 5.82 Å². The lowest BCUT2D eigenvalue weighted by molar-refractivity contribution is 0.776. The summed E-state index contributed by atoms with van der Waals surface area (Å²) < 4.78 is 0. The maximum absolute atomic E-state index is 8.90. The molecule has 0 N–H and O–H groups in total. The number of pyridine rings is 1. The Morgan fingerprint density at radius 2 is 2.43 bits per heavy atom. The smallest absolute Gasteiger partial charge is 0.146 e. The van der Waals surface area contributed by atoms with Gasteiger partial charge in [-0.1, -0.05) is 0 Å². The van der Waals surface area contributed by atoms with Crippen LogP contribution >= 0.6 is 0 Å². The van der Waals surface area contributed by atoms with E-state index in [4.69, 9.17) is 5.26 Å². The second kappa shape index (κ2) is 3.67.